The average Bonchev–Trinajstić information content (AvgIpc) is 1.96. The van der Waals surface area contributed by atoms with Gasteiger partial charge < -0.3 is 10.8 Å². The van der Waals surface area contributed by atoms with Crippen LogP contribution in [0.5, 0.6) is 0 Å². The largest absolute Gasteiger partial charge is 0.395 e. The highest BCUT2D eigenvalue weighted by Gasteiger charge is 2.00. The van der Waals surface area contributed by atoms with Crippen LogP contribution in [0.4, 0.5) is 5.82 Å². The fourth-order valence-corrected chi connectivity index (χ4v) is 0.850. The average molecular weight is 171 g/mol. The third-order valence-electron chi connectivity index (χ3n) is 1.37. The Bertz CT molecular complexity index is 347. The molecular weight excluding hydrogens is 162 g/mol. The van der Waals surface area contributed by atoms with Gasteiger partial charge >= 0.3 is 5.69 Å². The standard InChI is InChI=1S/C6H9N3O3/c7-4-3-5(11)9(1-2-10)6(12)8-4/h3,10H,1-2,7H2,(H,8,12). The maximum absolute atomic E-state index is 11.0. The molecule has 0 radical (unpaired) electrons. The highest BCUT2D eigenvalue weighted by molar-refractivity contribution is 5.23. The molecule has 0 saturated heterocycles. The molecule has 1 aromatic heterocycles. The molecule has 66 valence electrons. The second-order valence-electron chi connectivity index (χ2n) is 2.24. The van der Waals surface area contributed by atoms with E-state index >= 15 is 0 Å². The smallest absolute Gasteiger partial charge is 0.329 e. The predicted octanol–water partition coefficient (Wildman–Crippen LogP) is -1.89. The lowest BCUT2D eigenvalue weighted by Crippen LogP contribution is -2.35. The van der Waals surface area contributed by atoms with E-state index in [9.17, 15) is 9.59 Å². The number of H-pyrrole nitrogens is 1. The summed E-state index contributed by atoms with van der Waals surface area (Å²) in [4.78, 5) is 24.2. The van der Waals surface area contributed by atoms with E-state index < -0.39 is 11.2 Å². The van der Waals surface area contributed by atoms with Crippen molar-refractivity contribution >= 4 is 5.82 Å². The lowest BCUT2D eigenvalue weighted by molar-refractivity contribution is 0.271. The van der Waals surface area contributed by atoms with Gasteiger partial charge in [-0.15, -0.1) is 0 Å². The number of aromatic amines is 1. The lowest BCUT2D eigenvalue weighted by Gasteiger charge is -2.00. The van der Waals surface area contributed by atoms with Gasteiger partial charge in [0, 0.05) is 6.07 Å². The fraction of sp³-hybridized carbons (Fsp3) is 0.333. The third-order valence-corrected chi connectivity index (χ3v) is 1.37. The summed E-state index contributed by atoms with van der Waals surface area (Å²) in [6, 6.07) is 1.09. The van der Waals surface area contributed by atoms with E-state index in [4.69, 9.17) is 10.8 Å². The first-order chi connectivity index (χ1) is 5.65. The van der Waals surface area contributed by atoms with Gasteiger partial charge in [0.05, 0.1) is 13.2 Å². The van der Waals surface area contributed by atoms with Crippen molar-refractivity contribution in [1.29, 1.82) is 0 Å². The highest BCUT2D eigenvalue weighted by Crippen LogP contribution is 1.81. The minimum Gasteiger partial charge on any atom is -0.395 e. The Morgan fingerprint density at radius 2 is 2.25 bits per heavy atom. The number of rotatable bonds is 2. The Kier molecular flexibility index (Phi) is 2.29. The second kappa shape index (κ2) is 3.22. The van der Waals surface area contributed by atoms with Crippen molar-refractivity contribution < 1.29 is 5.11 Å². The molecule has 0 amide bonds. The van der Waals surface area contributed by atoms with Gasteiger partial charge in [-0.2, -0.15) is 0 Å². The molecule has 12 heavy (non-hydrogen) atoms. The Labute approximate surface area is 67.3 Å². The predicted molar refractivity (Wildman–Crippen MR) is 42.8 cm³/mol. The van der Waals surface area contributed by atoms with Crippen molar-refractivity contribution in [3.8, 4) is 0 Å². The number of aromatic nitrogens is 2. The summed E-state index contributed by atoms with van der Waals surface area (Å²) in [6.45, 7) is -0.276. The minimum absolute atomic E-state index is 0.0194. The monoisotopic (exact) mass is 171 g/mol. The zero-order valence-electron chi connectivity index (χ0n) is 6.28. The van der Waals surface area contributed by atoms with Crippen LogP contribution in [0.3, 0.4) is 0 Å². The van der Waals surface area contributed by atoms with Gasteiger partial charge in [-0.25, -0.2) is 4.79 Å². The topological polar surface area (TPSA) is 101 Å². The summed E-state index contributed by atoms with van der Waals surface area (Å²) in [6.07, 6.45) is 0. The van der Waals surface area contributed by atoms with Crippen LogP contribution < -0.4 is 17.0 Å². The van der Waals surface area contributed by atoms with Crippen LogP contribution in [0.1, 0.15) is 0 Å². The maximum atomic E-state index is 11.0. The summed E-state index contributed by atoms with van der Waals surface area (Å²) in [5.41, 5.74) is 4.08. The number of hydrogen-bond acceptors (Lipinski definition) is 4. The molecule has 4 N–H and O–H groups in total. The molecular formula is C6H9N3O3. The Morgan fingerprint density at radius 1 is 1.58 bits per heavy atom. The van der Waals surface area contributed by atoms with Crippen molar-refractivity contribution in [2.45, 2.75) is 6.54 Å². The number of aliphatic hydroxyl groups excluding tert-OH is 1. The maximum Gasteiger partial charge on any atom is 0.329 e. The summed E-state index contributed by atoms with van der Waals surface area (Å²) in [7, 11) is 0. The summed E-state index contributed by atoms with van der Waals surface area (Å²) >= 11 is 0. The molecule has 6 heteroatoms. The van der Waals surface area contributed by atoms with Crippen molar-refractivity contribution in [3.63, 3.8) is 0 Å². The molecule has 0 aliphatic heterocycles. The molecule has 0 bridgehead atoms. The van der Waals surface area contributed by atoms with E-state index in [1.807, 2.05) is 0 Å². The van der Waals surface area contributed by atoms with Gasteiger partial charge in [0.2, 0.25) is 0 Å². The Balaban J connectivity index is 3.29. The normalized spacial score (nSPS) is 10.1. The zero-order chi connectivity index (χ0) is 9.14. The second-order valence-corrected chi connectivity index (χ2v) is 2.24. The molecule has 0 unspecified atom stereocenters. The SMILES string of the molecule is Nc1cc(=O)n(CCO)c(=O)[nH]1. The van der Waals surface area contributed by atoms with Crippen LogP contribution in [0.2, 0.25) is 0 Å². The first-order valence-corrected chi connectivity index (χ1v) is 3.35. The number of aliphatic hydroxyl groups is 1. The number of hydrogen-bond donors (Lipinski definition) is 3. The summed E-state index contributed by atoms with van der Waals surface area (Å²) < 4.78 is 0.871. The minimum atomic E-state index is -0.603. The molecule has 1 heterocycles. The lowest BCUT2D eigenvalue weighted by atomic mass is 10.5. The molecule has 0 fully saturated rings. The van der Waals surface area contributed by atoms with Crippen molar-refractivity contribution in [2.24, 2.45) is 0 Å². The van der Waals surface area contributed by atoms with Gasteiger partial charge in [-0.3, -0.25) is 14.3 Å². The van der Waals surface area contributed by atoms with Crippen LogP contribution in [-0.2, 0) is 6.54 Å². The van der Waals surface area contributed by atoms with Crippen LogP contribution in [-0.4, -0.2) is 21.3 Å². The quantitative estimate of drug-likeness (QED) is 0.484. The van der Waals surface area contributed by atoms with Crippen molar-refractivity contribution in [2.75, 3.05) is 12.3 Å². The van der Waals surface area contributed by atoms with E-state index in [0.717, 1.165) is 10.6 Å². The van der Waals surface area contributed by atoms with E-state index in [2.05, 4.69) is 4.98 Å². The summed E-state index contributed by atoms with van der Waals surface area (Å²) in [5, 5.41) is 8.49. The van der Waals surface area contributed by atoms with Crippen molar-refractivity contribution in [3.05, 3.63) is 26.9 Å². The van der Waals surface area contributed by atoms with Gasteiger partial charge in [0.1, 0.15) is 5.82 Å². The Hall–Kier alpha value is -1.56. The van der Waals surface area contributed by atoms with E-state index in [0.29, 0.717) is 0 Å². The number of nitrogens with zero attached hydrogens (tertiary/aromatic N) is 1. The zero-order valence-corrected chi connectivity index (χ0v) is 6.28. The van der Waals surface area contributed by atoms with E-state index in [1.54, 1.807) is 0 Å². The molecule has 1 aromatic rings. The van der Waals surface area contributed by atoms with E-state index in [-0.39, 0.29) is 19.0 Å². The van der Waals surface area contributed by atoms with Crippen LogP contribution >= 0.6 is 0 Å². The first-order valence-electron chi connectivity index (χ1n) is 3.35. The van der Waals surface area contributed by atoms with E-state index in [1.165, 1.54) is 0 Å². The van der Waals surface area contributed by atoms with Gasteiger partial charge in [-0.05, 0) is 0 Å². The van der Waals surface area contributed by atoms with Crippen LogP contribution in [0.25, 0.3) is 0 Å². The van der Waals surface area contributed by atoms with Crippen molar-refractivity contribution in [1.82, 2.24) is 9.55 Å². The number of nitrogens with one attached hydrogen (secondary N) is 1. The Morgan fingerprint density at radius 3 is 2.75 bits per heavy atom. The third kappa shape index (κ3) is 1.54. The van der Waals surface area contributed by atoms with Crippen LogP contribution in [0, 0.1) is 0 Å². The van der Waals surface area contributed by atoms with Gasteiger partial charge in [-0.1, -0.05) is 0 Å². The number of anilines is 1. The summed E-state index contributed by atoms with van der Waals surface area (Å²) in [5.74, 6) is 0.0270. The molecule has 0 saturated carbocycles. The molecule has 6 nitrogen and oxygen atoms in total. The molecule has 0 aliphatic carbocycles. The van der Waals surface area contributed by atoms with Crippen LogP contribution in [0.15, 0.2) is 15.7 Å². The highest BCUT2D eigenvalue weighted by atomic mass is 16.3. The molecule has 1 rings (SSSR count). The fourth-order valence-electron chi connectivity index (χ4n) is 0.850. The molecule has 0 aromatic carbocycles. The molecule has 0 spiro atoms. The first kappa shape index (κ1) is 8.54. The van der Waals surface area contributed by atoms with Gasteiger partial charge in [0.15, 0.2) is 0 Å². The van der Waals surface area contributed by atoms with Gasteiger partial charge in [0.25, 0.3) is 5.56 Å². The molecule has 0 aliphatic rings. The number of nitrogen functional groups attached to an aromatic ring is 1. The number of nitrogens with two attached hydrogens (primary N) is 1. The molecule has 0 atom stereocenters.